The molecule has 0 bridgehead atoms. The van der Waals surface area contributed by atoms with Gasteiger partial charge in [-0.05, 0) is 24.3 Å². The zero-order valence-electron chi connectivity index (χ0n) is 10.2. The molecule has 1 aromatic carbocycles. The fourth-order valence-electron chi connectivity index (χ4n) is 1.82. The van der Waals surface area contributed by atoms with Crippen molar-refractivity contribution in [2.24, 2.45) is 0 Å². The number of halogens is 1. The molecular formula is C12H10FN7. The molecule has 0 amide bonds. The number of nitrogen functional groups attached to an aromatic ring is 3. The van der Waals surface area contributed by atoms with E-state index in [0.717, 1.165) is 0 Å². The van der Waals surface area contributed by atoms with Crippen LogP contribution in [0, 0.1) is 5.82 Å². The molecular weight excluding hydrogens is 261 g/mol. The van der Waals surface area contributed by atoms with E-state index < -0.39 is 0 Å². The van der Waals surface area contributed by atoms with Crippen molar-refractivity contribution in [3.05, 3.63) is 30.1 Å². The molecule has 0 aliphatic carbocycles. The van der Waals surface area contributed by atoms with Crippen LogP contribution in [0.4, 0.5) is 22.0 Å². The molecule has 0 unspecified atom stereocenters. The molecule has 3 rings (SSSR count). The molecule has 2 aromatic heterocycles. The number of rotatable bonds is 1. The highest BCUT2D eigenvalue weighted by atomic mass is 19.1. The Bertz CT molecular complexity index is 801. The Hall–Kier alpha value is -3.03. The Morgan fingerprint density at radius 2 is 1.50 bits per heavy atom. The third kappa shape index (κ3) is 1.92. The van der Waals surface area contributed by atoms with Crippen molar-refractivity contribution < 1.29 is 4.39 Å². The molecule has 2 heterocycles. The van der Waals surface area contributed by atoms with Crippen molar-refractivity contribution in [3.63, 3.8) is 0 Å². The fourth-order valence-corrected chi connectivity index (χ4v) is 1.82. The van der Waals surface area contributed by atoms with E-state index in [-0.39, 0.29) is 29.0 Å². The van der Waals surface area contributed by atoms with Gasteiger partial charge >= 0.3 is 0 Å². The summed E-state index contributed by atoms with van der Waals surface area (Å²) in [6.07, 6.45) is 0. The SMILES string of the molecule is Nc1nc(N)c2nc(-c3ccc(F)cc3)c(N)nc2n1. The molecule has 6 N–H and O–H groups in total. The summed E-state index contributed by atoms with van der Waals surface area (Å²) in [4.78, 5) is 16.1. The lowest BCUT2D eigenvalue weighted by atomic mass is 10.1. The molecule has 20 heavy (non-hydrogen) atoms. The molecule has 0 atom stereocenters. The predicted octanol–water partition coefficient (Wildman–Crippen LogP) is 0.973. The molecule has 0 aliphatic rings. The highest BCUT2D eigenvalue weighted by Crippen LogP contribution is 2.26. The number of fused-ring (bicyclic) bond motifs is 1. The van der Waals surface area contributed by atoms with Gasteiger partial charge in [-0.2, -0.15) is 9.97 Å². The standard InChI is InChI=1S/C12H10FN7/c13-6-3-1-5(2-4-6)7-9(14)18-11-8(17-7)10(15)19-12(16)20-11/h1-4H,(H6,14,15,16,18,19,20). The highest BCUT2D eigenvalue weighted by Gasteiger charge is 2.12. The third-order valence-electron chi connectivity index (χ3n) is 2.72. The first-order chi connectivity index (χ1) is 9.54. The first-order valence-corrected chi connectivity index (χ1v) is 5.67. The van der Waals surface area contributed by atoms with E-state index >= 15 is 0 Å². The topological polar surface area (TPSA) is 130 Å². The van der Waals surface area contributed by atoms with E-state index in [1.54, 1.807) is 12.1 Å². The number of anilines is 3. The monoisotopic (exact) mass is 271 g/mol. The first-order valence-electron chi connectivity index (χ1n) is 5.67. The average molecular weight is 271 g/mol. The van der Waals surface area contributed by atoms with Crippen LogP contribution in [-0.4, -0.2) is 19.9 Å². The van der Waals surface area contributed by atoms with Gasteiger partial charge in [0.2, 0.25) is 5.95 Å². The van der Waals surface area contributed by atoms with Gasteiger partial charge in [0.1, 0.15) is 11.5 Å². The smallest absolute Gasteiger partial charge is 0.224 e. The van der Waals surface area contributed by atoms with E-state index in [2.05, 4.69) is 19.9 Å². The van der Waals surface area contributed by atoms with Gasteiger partial charge in [-0.25, -0.2) is 14.4 Å². The lowest BCUT2D eigenvalue weighted by Gasteiger charge is -2.07. The summed E-state index contributed by atoms with van der Waals surface area (Å²) in [6, 6.07) is 5.72. The predicted molar refractivity (Wildman–Crippen MR) is 73.8 cm³/mol. The number of hydrogen-bond acceptors (Lipinski definition) is 7. The van der Waals surface area contributed by atoms with Gasteiger partial charge in [0.15, 0.2) is 22.8 Å². The molecule has 0 saturated carbocycles. The van der Waals surface area contributed by atoms with Crippen molar-refractivity contribution in [1.29, 1.82) is 0 Å². The van der Waals surface area contributed by atoms with E-state index in [1.165, 1.54) is 12.1 Å². The van der Waals surface area contributed by atoms with E-state index in [0.29, 0.717) is 16.8 Å². The Morgan fingerprint density at radius 3 is 2.20 bits per heavy atom. The Kier molecular flexibility index (Phi) is 2.56. The summed E-state index contributed by atoms with van der Waals surface area (Å²) in [5, 5.41) is 0. The van der Waals surface area contributed by atoms with Gasteiger partial charge in [0, 0.05) is 5.56 Å². The molecule has 0 saturated heterocycles. The van der Waals surface area contributed by atoms with Crippen molar-refractivity contribution in [1.82, 2.24) is 19.9 Å². The average Bonchev–Trinajstić information content (AvgIpc) is 2.39. The lowest BCUT2D eigenvalue weighted by Crippen LogP contribution is -2.06. The largest absolute Gasteiger partial charge is 0.382 e. The van der Waals surface area contributed by atoms with Crippen molar-refractivity contribution in [2.45, 2.75) is 0 Å². The van der Waals surface area contributed by atoms with Crippen molar-refractivity contribution in [2.75, 3.05) is 17.2 Å². The maximum atomic E-state index is 12.9. The van der Waals surface area contributed by atoms with Gasteiger partial charge in [-0.1, -0.05) is 0 Å². The van der Waals surface area contributed by atoms with Crippen LogP contribution in [-0.2, 0) is 0 Å². The molecule has 0 spiro atoms. The zero-order valence-corrected chi connectivity index (χ0v) is 10.2. The second-order valence-electron chi connectivity index (χ2n) is 4.10. The maximum absolute atomic E-state index is 12.9. The summed E-state index contributed by atoms with van der Waals surface area (Å²) in [6.45, 7) is 0. The van der Waals surface area contributed by atoms with Gasteiger partial charge in [-0.15, -0.1) is 0 Å². The van der Waals surface area contributed by atoms with Gasteiger partial charge in [-0.3, -0.25) is 0 Å². The minimum Gasteiger partial charge on any atom is -0.382 e. The van der Waals surface area contributed by atoms with Crippen LogP contribution < -0.4 is 17.2 Å². The summed E-state index contributed by atoms with van der Waals surface area (Å²) < 4.78 is 12.9. The van der Waals surface area contributed by atoms with Crippen molar-refractivity contribution in [3.8, 4) is 11.3 Å². The zero-order chi connectivity index (χ0) is 14.3. The molecule has 0 fully saturated rings. The van der Waals surface area contributed by atoms with Crippen LogP contribution in [0.15, 0.2) is 24.3 Å². The minimum absolute atomic E-state index is 0.00164. The van der Waals surface area contributed by atoms with Gasteiger partial charge in [0.25, 0.3) is 0 Å². The number of hydrogen-bond donors (Lipinski definition) is 3. The van der Waals surface area contributed by atoms with E-state index in [9.17, 15) is 4.39 Å². The van der Waals surface area contributed by atoms with Gasteiger partial charge in [0.05, 0.1) is 0 Å². The van der Waals surface area contributed by atoms with E-state index in [1.807, 2.05) is 0 Å². The second-order valence-corrected chi connectivity index (χ2v) is 4.10. The third-order valence-corrected chi connectivity index (χ3v) is 2.72. The Labute approximate surface area is 112 Å². The number of benzene rings is 1. The Morgan fingerprint density at radius 1 is 0.800 bits per heavy atom. The van der Waals surface area contributed by atoms with Crippen LogP contribution in [0.2, 0.25) is 0 Å². The maximum Gasteiger partial charge on any atom is 0.224 e. The molecule has 8 heteroatoms. The molecule has 7 nitrogen and oxygen atoms in total. The quantitative estimate of drug-likeness (QED) is 0.601. The number of nitrogens with two attached hydrogens (primary N) is 3. The fraction of sp³-hybridized carbons (Fsp3) is 0. The second kappa shape index (κ2) is 4.26. The van der Waals surface area contributed by atoms with Crippen LogP contribution in [0.1, 0.15) is 0 Å². The molecule has 100 valence electrons. The van der Waals surface area contributed by atoms with Crippen LogP contribution in [0.25, 0.3) is 22.4 Å². The normalized spacial score (nSPS) is 10.8. The van der Waals surface area contributed by atoms with Crippen LogP contribution in [0.3, 0.4) is 0 Å². The van der Waals surface area contributed by atoms with E-state index in [4.69, 9.17) is 17.2 Å². The van der Waals surface area contributed by atoms with Gasteiger partial charge < -0.3 is 17.2 Å². The van der Waals surface area contributed by atoms with Crippen LogP contribution in [0.5, 0.6) is 0 Å². The van der Waals surface area contributed by atoms with Crippen molar-refractivity contribution >= 4 is 28.7 Å². The molecule has 3 aromatic rings. The Balaban J connectivity index is 2.26. The van der Waals surface area contributed by atoms with Crippen LogP contribution >= 0.6 is 0 Å². The summed E-state index contributed by atoms with van der Waals surface area (Å²) in [7, 11) is 0. The number of nitrogens with zero attached hydrogens (tertiary/aromatic N) is 4. The number of aromatic nitrogens is 4. The minimum atomic E-state index is -0.350. The lowest BCUT2D eigenvalue weighted by molar-refractivity contribution is 0.628. The molecule has 0 aliphatic heterocycles. The summed E-state index contributed by atoms with van der Waals surface area (Å²) in [5.74, 6) is -0.0834. The first kappa shape index (κ1) is 12.0. The summed E-state index contributed by atoms with van der Waals surface area (Å²) in [5.41, 5.74) is 18.6. The molecule has 0 radical (unpaired) electrons. The summed E-state index contributed by atoms with van der Waals surface area (Å²) >= 11 is 0. The highest BCUT2D eigenvalue weighted by molar-refractivity contribution is 5.87.